The molecule has 0 bridgehead atoms. The molecule has 5 heteroatoms. The van der Waals surface area contributed by atoms with Gasteiger partial charge in [-0.25, -0.2) is 4.79 Å². The number of hydrogen-bond acceptors (Lipinski definition) is 4. The van der Waals surface area contributed by atoms with E-state index < -0.39 is 0 Å². The lowest BCUT2D eigenvalue weighted by atomic mass is 9.79. The molecule has 2 aliphatic rings. The molecule has 0 saturated carbocycles. The summed E-state index contributed by atoms with van der Waals surface area (Å²) in [6.45, 7) is 4.50. The van der Waals surface area contributed by atoms with Crippen LogP contribution in [0.2, 0.25) is 5.02 Å². The van der Waals surface area contributed by atoms with Gasteiger partial charge in [-0.2, -0.15) is 0 Å². The fraction of sp³-hybridized carbons (Fsp3) is 0.611. The molecule has 1 aromatic rings. The zero-order chi connectivity index (χ0) is 16.2. The number of rotatable bonds is 3. The summed E-state index contributed by atoms with van der Waals surface area (Å²) < 4.78 is 4.74. The van der Waals surface area contributed by atoms with Crippen LogP contribution < -0.4 is 10.2 Å². The Hall–Kier alpha value is -1.26. The van der Waals surface area contributed by atoms with E-state index in [4.69, 9.17) is 16.3 Å². The molecule has 2 saturated heterocycles. The van der Waals surface area contributed by atoms with Gasteiger partial charge in [-0.1, -0.05) is 11.6 Å². The van der Waals surface area contributed by atoms with E-state index in [0.29, 0.717) is 10.6 Å². The van der Waals surface area contributed by atoms with Gasteiger partial charge >= 0.3 is 5.97 Å². The summed E-state index contributed by atoms with van der Waals surface area (Å²) in [4.78, 5) is 14.0. The number of carbonyl (C=O) groups excluding carboxylic acids is 1. The fourth-order valence-electron chi connectivity index (χ4n) is 3.92. The van der Waals surface area contributed by atoms with Crippen LogP contribution in [-0.2, 0) is 4.74 Å². The van der Waals surface area contributed by atoms with Gasteiger partial charge in [0.2, 0.25) is 0 Å². The SMILES string of the molecule is COC(=O)c1ccc(N2CCC(C3CCNCC3)CC2)cc1Cl. The first-order chi connectivity index (χ1) is 11.2. The zero-order valence-electron chi connectivity index (χ0n) is 13.7. The van der Waals surface area contributed by atoms with Crippen molar-refractivity contribution in [2.75, 3.05) is 38.2 Å². The molecular formula is C18H25ClN2O2. The van der Waals surface area contributed by atoms with E-state index in [2.05, 4.69) is 10.2 Å². The van der Waals surface area contributed by atoms with Crippen molar-refractivity contribution in [1.29, 1.82) is 0 Å². The normalized spacial score (nSPS) is 20.5. The monoisotopic (exact) mass is 336 g/mol. The van der Waals surface area contributed by atoms with E-state index >= 15 is 0 Å². The molecule has 0 spiro atoms. The first-order valence-corrected chi connectivity index (χ1v) is 8.90. The number of hydrogen-bond donors (Lipinski definition) is 1. The molecule has 3 rings (SSSR count). The van der Waals surface area contributed by atoms with Crippen molar-refractivity contribution in [3.8, 4) is 0 Å². The van der Waals surface area contributed by atoms with E-state index in [1.54, 1.807) is 6.07 Å². The molecule has 1 aromatic carbocycles. The Kier molecular flexibility index (Phi) is 5.44. The predicted molar refractivity (Wildman–Crippen MR) is 93.3 cm³/mol. The van der Waals surface area contributed by atoms with Crippen molar-refractivity contribution in [1.82, 2.24) is 5.32 Å². The van der Waals surface area contributed by atoms with Gasteiger partial charge in [-0.05, 0) is 68.8 Å². The molecule has 126 valence electrons. The minimum atomic E-state index is -0.383. The van der Waals surface area contributed by atoms with Crippen molar-refractivity contribution in [2.45, 2.75) is 25.7 Å². The summed E-state index contributed by atoms with van der Waals surface area (Å²) in [5.41, 5.74) is 1.54. The number of anilines is 1. The largest absolute Gasteiger partial charge is 0.465 e. The van der Waals surface area contributed by atoms with Crippen molar-refractivity contribution in [2.24, 2.45) is 11.8 Å². The van der Waals surface area contributed by atoms with Gasteiger partial charge in [0, 0.05) is 18.8 Å². The van der Waals surface area contributed by atoms with Crippen molar-refractivity contribution < 1.29 is 9.53 Å². The lowest BCUT2D eigenvalue weighted by Gasteiger charge is -2.38. The van der Waals surface area contributed by atoms with E-state index in [1.807, 2.05) is 12.1 Å². The van der Waals surface area contributed by atoms with Crippen LogP contribution in [0.4, 0.5) is 5.69 Å². The minimum absolute atomic E-state index is 0.383. The summed E-state index contributed by atoms with van der Waals surface area (Å²) in [6, 6.07) is 5.63. The Morgan fingerprint density at radius 1 is 1.17 bits per heavy atom. The fourth-order valence-corrected chi connectivity index (χ4v) is 4.17. The third-order valence-electron chi connectivity index (χ3n) is 5.31. The smallest absolute Gasteiger partial charge is 0.339 e. The standard InChI is InChI=1S/C18H25ClN2O2/c1-23-18(22)16-3-2-15(12-17(16)19)21-10-6-14(7-11-21)13-4-8-20-9-5-13/h2-3,12-14,20H,4-11H2,1H3. The number of esters is 1. The number of ether oxygens (including phenoxy) is 1. The second kappa shape index (κ2) is 7.54. The predicted octanol–water partition coefficient (Wildman–Crippen LogP) is 3.34. The van der Waals surface area contributed by atoms with Gasteiger partial charge in [-0.15, -0.1) is 0 Å². The average molecular weight is 337 g/mol. The van der Waals surface area contributed by atoms with E-state index in [-0.39, 0.29) is 5.97 Å². The third kappa shape index (κ3) is 3.81. The Morgan fingerprint density at radius 3 is 2.43 bits per heavy atom. The molecule has 0 atom stereocenters. The third-order valence-corrected chi connectivity index (χ3v) is 5.63. The summed E-state index contributed by atoms with van der Waals surface area (Å²) in [7, 11) is 1.37. The lowest BCUT2D eigenvalue weighted by Crippen LogP contribution is -2.39. The molecular weight excluding hydrogens is 312 g/mol. The molecule has 0 unspecified atom stereocenters. The maximum Gasteiger partial charge on any atom is 0.339 e. The van der Waals surface area contributed by atoms with Crippen molar-refractivity contribution in [3.05, 3.63) is 28.8 Å². The molecule has 4 nitrogen and oxygen atoms in total. The number of nitrogens with zero attached hydrogens (tertiary/aromatic N) is 1. The number of carbonyl (C=O) groups is 1. The van der Waals surface area contributed by atoms with Crippen LogP contribution in [0, 0.1) is 11.8 Å². The second-order valence-corrected chi connectivity index (χ2v) is 6.97. The molecule has 0 aliphatic carbocycles. The molecule has 2 aliphatic heterocycles. The van der Waals surface area contributed by atoms with Crippen LogP contribution in [0.15, 0.2) is 18.2 Å². The van der Waals surface area contributed by atoms with Crippen LogP contribution in [0.25, 0.3) is 0 Å². The molecule has 0 radical (unpaired) electrons. The van der Waals surface area contributed by atoms with Gasteiger partial charge < -0.3 is 15.0 Å². The Bertz CT molecular complexity index is 550. The molecule has 2 heterocycles. The van der Waals surface area contributed by atoms with Crippen molar-refractivity contribution >= 4 is 23.3 Å². The number of nitrogens with one attached hydrogen (secondary N) is 1. The number of piperidine rings is 2. The van der Waals surface area contributed by atoms with E-state index in [1.165, 1.54) is 45.9 Å². The lowest BCUT2D eigenvalue weighted by molar-refractivity contribution is 0.0601. The highest BCUT2D eigenvalue weighted by atomic mass is 35.5. The number of halogens is 1. The number of benzene rings is 1. The van der Waals surface area contributed by atoms with Crippen LogP contribution in [0.5, 0.6) is 0 Å². The molecule has 1 N–H and O–H groups in total. The maximum absolute atomic E-state index is 11.6. The molecule has 0 aromatic heterocycles. The zero-order valence-corrected chi connectivity index (χ0v) is 14.4. The van der Waals surface area contributed by atoms with Gasteiger partial charge in [0.15, 0.2) is 0 Å². The average Bonchev–Trinajstić information content (AvgIpc) is 2.62. The van der Waals surface area contributed by atoms with Crippen LogP contribution in [0.1, 0.15) is 36.0 Å². The Morgan fingerprint density at radius 2 is 1.83 bits per heavy atom. The van der Waals surface area contributed by atoms with Crippen LogP contribution >= 0.6 is 11.6 Å². The first-order valence-electron chi connectivity index (χ1n) is 8.52. The first kappa shape index (κ1) is 16.6. The Balaban J connectivity index is 1.61. The molecule has 2 fully saturated rings. The highest BCUT2D eigenvalue weighted by Crippen LogP contribution is 2.33. The van der Waals surface area contributed by atoms with E-state index in [9.17, 15) is 4.79 Å². The summed E-state index contributed by atoms with van der Waals surface area (Å²) in [5, 5.41) is 3.92. The topological polar surface area (TPSA) is 41.6 Å². The second-order valence-electron chi connectivity index (χ2n) is 6.57. The highest BCUT2D eigenvalue weighted by Gasteiger charge is 2.27. The summed E-state index contributed by atoms with van der Waals surface area (Å²) in [5.74, 6) is 1.37. The van der Waals surface area contributed by atoms with Crippen LogP contribution in [0.3, 0.4) is 0 Å². The van der Waals surface area contributed by atoms with Gasteiger partial charge in [0.05, 0.1) is 17.7 Å². The number of methoxy groups -OCH3 is 1. The van der Waals surface area contributed by atoms with Gasteiger partial charge in [0.1, 0.15) is 0 Å². The van der Waals surface area contributed by atoms with E-state index in [0.717, 1.165) is 30.6 Å². The molecule has 23 heavy (non-hydrogen) atoms. The van der Waals surface area contributed by atoms with Gasteiger partial charge in [-0.3, -0.25) is 0 Å². The molecule has 0 amide bonds. The highest BCUT2D eigenvalue weighted by molar-refractivity contribution is 6.33. The van der Waals surface area contributed by atoms with Crippen LogP contribution in [-0.4, -0.2) is 39.3 Å². The Labute approximate surface area is 143 Å². The summed E-state index contributed by atoms with van der Waals surface area (Å²) in [6.07, 6.45) is 5.15. The maximum atomic E-state index is 11.6. The van der Waals surface area contributed by atoms with Crippen molar-refractivity contribution in [3.63, 3.8) is 0 Å². The minimum Gasteiger partial charge on any atom is -0.465 e. The summed E-state index contributed by atoms with van der Waals surface area (Å²) >= 11 is 6.24. The quantitative estimate of drug-likeness (QED) is 0.860. The van der Waals surface area contributed by atoms with Gasteiger partial charge in [0.25, 0.3) is 0 Å².